The third-order valence-corrected chi connectivity index (χ3v) is 5.54. The van der Waals surface area contributed by atoms with Gasteiger partial charge >= 0.3 is 0 Å². The summed E-state index contributed by atoms with van der Waals surface area (Å²) in [7, 11) is 0. The molecule has 23 heavy (non-hydrogen) atoms. The van der Waals surface area contributed by atoms with E-state index in [9.17, 15) is 15.3 Å². The quantitative estimate of drug-likeness (QED) is 0.718. The van der Waals surface area contributed by atoms with Crippen molar-refractivity contribution in [2.24, 2.45) is 11.8 Å². The molecule has 128 valence electrons. The summed E-state index contributed by atoms with van der Waals surface area (Å²) in [5.41, 5.74) is 1.25. The van der Waals surface area contributed by atoms with E-state index in [-0.39, 0.29) is 36.9 Å². The van der Waals surface area contributed by atoms with E-state index in [1.54, 1.807) is 0 Å². The van der Waals surface area contributed by atoms with E-state index in [0.29, 0.717) is 12.3 Å². The molecule has 3 N–H and O–H groups in total. The SMILES string of the molecule is OCC1C[C@@H]2[C@@H](CC[C@@H](O)CCc3ccccc3)[C@H](O)C[C@@H]2O1. The molecule has 0 bridgehead atoms. The van der Waals surface area contributed by atoms with Gasteiger partial charge in [0.1, 0.15) is 0 Å². The van der Waals surface area contributed by atoms with Crippen molar-refractivity contribution in [1.82, 2.24) is 0 Å². The number of aliphatic hydroxyl groups excluding tert-OH is 3. The molecule has 1 aromatic rings. The molecule has 4 heteroatoms. The molecule has 0 aromatic heterocycles. The Balaban J connectivity index is 1.44. The molecule has 3 rings (SSSR count). The Morgan fingerprint density at radius 1 is 1.13 bits per heavy atom. The number of aliphatic hydroxyl groups is 3. The summed E-state index contributed by atoms with van der Waals surface area (Å²) in [6.07, 6.45) is 4.09. The molecule has 1 unspecified atom stereocenters. The second-order valence-electron chi connectivity index (χ2n) is 7.10. The Hall–Kier alpha value is -0.940. The van der Waals surface area contributed by atoms with Gasteiger partial charge in [0.15, 0.2) is 0 Å². The third kappa shape index (κ3) is 4.13. The fourth-order valence-electron chi connectivity index (χ4n) is 4.27. The van der Waals surface area contributed by atoms with Crippen LogP contribution in [-0.4, -0.2) is 46.3 Å². The van der Waals surface area contributed by atoms with E-state index in [2.05, 4.69) is 12.1 Å². The summed E-state index contributed by atoms with van der Waals surface area (Å²) >= 11 is 0. The molecule has 0 spiro atoms. The zero-order chi connectivity index (χ0) is 16.2. The number of hydrogen-bond acceptors (Lipinski definition) is 4. The minimum Gasteiger partial charge on any atom is -0.394 e. The molecule has 1 saturated heterocycles. The highest BCUT2D eigenvalue weighted by molar-refractivity contribution is 5.14. The summed E-state index contributed by atoms with van der Waals surface area (Å²) in [6.45, 7) is 0.0650. The smallest absolute Gasteiger partial charge is 0.0813 e. The van der Waals surface area contributed by atoms with Crippen molar-refractivity contribution < 1.29 is 20.1 Å². The van der Waals surface area contributed by atoms with Gasteiger partial charge in [0.05, 0.1) is 31.0 Å². The van der Waals surface area contributed by atoms with Crippen LogP contribution < -0.4 is 0 Å². The van der Waals surface area contributed by atoms with Crippen LogP contribution in [0.25, 0.3) is 0 Å². The highest BCUT2D eigenvalue weighted by Crippen LogP contribution is 2.45. The van der Waals surface area contributed by atoms with Gasteiger partial charge in [0, 0.05) is 6.42 Å². The van der Waals surface area contributed by atoms with Crippen LogP contribution in [-0.2, 0) is 11.2 Å². The first-order valence-electron chi connectivity index (χ1n) is 8.83. The van der Waals surface area contributed by atoms with Crippen LogP contribution in [0.1, 0.15) is 37.7 Å². The van der Waals surface area contributed by atoms with Gasteiger partial charge in [-0.3, -0.25) is 0 Å². The van der Waals surface area contributed by atoms with Crippen LogP contribution in [0.5, 0.6) is 0 Å². The summed E-state index contributed by atoms with van der Waals surface area (Å²) < 4.78 is 5.77. The summed E-state index contributed by atoms with van der Waals surface area (Å²) in [6, 6.07) is 10.2. The molecule has 2 aliphatic rings. The third-order valence-electron chi connectivity index (χ3n) is 5.54. The van der Waals surface area contributed by atoms with Crippen molar-refractivity contribution in [3.8, 4) is 0 Å². The molecule has 4 nitrogen and oxygen atoms in total. The van der Waals surface area contributed by atoms with E-state index in [1.807, 2.05) is 18.2 Å². The van der Waals surface area contributed by atoms with Gasteiger partial charge in [-0.25, -0.2) is 0 Å². The summed E-state index contributed by atoms with van der Waals surface area (Å²) in [5.74, 6) is 0.534. The fourth-order valence-corrected chi connectivity index (χ4v) is 4.27. The Bertz CT molecular complexity index is 478. The normalized spacial score (nSPS) is 34.5. The molecule has 2 fully saturated rings. The molecular formula is C19H28O4. The predicted molar refractivity (Wildman–Crippen MR) is 88.0 cm³/mol. The van der Waals surface area contributed by atoms with Gasteiger partial charge in [-0.1, -0.05) is 30.3 Å². The molecule has 6 atom stereocenters. The monoisotopic (exact) mass is 320 g/mol. The van der Waals surface area contributed by atoms with Gasteiger partial charge in [0.2, 0.25) is 0 Å². The van der Waals surface area contributed by atoms with Crippen LogP contribution in [0.2, 0.25) is 0 Å². The van der Waals surface area contributed by atoms with Gasteiger partial charge < -0.3 is 20.1 Å². The molecule has 0 amide bonds. The van der Waals surface area contributed by atoms with E-state index in [4.69, 9.17) is 4.74 Å². The van der Waals surface area contributed by atoms with Crippen molar-refractivity contribution in [3.63, 3.8) is 0 Å². The number of ether oxygens (including phenoxy) is 1. The van der Waals surface area contributed by atoms with Gasteiger partial charge in [-0.05, 0) is 49.5 Å². The van der Waals surface area contributed by atoms with E-state index in [1.165, 1.54) is 5.56 Å². The van der Waals surface area contributed by atoms with Gasteiger partial charge in [-0.15, -0.1) is 0 Å². The zero-order valence-electron chi connectivity index (χ0n) is 13.6. The molecule has 0 radical (unpaired) electrons. The van der Waals surface area contributed by atoms with Crippen LogP contribution in [0, 0.1) is 11.8 Å². The summed E-state index contributed by atoms with van der Waals surface area (Å²) in [4.78, 5) is 0. The van der Waals surface area contributed by atoms with Crippen molar-refractivity contribution in [2.75, 3.05) is 6.61 Å². The Kier molecular flexibility index (Phi) is 5.70. The highest BCUT2D eigenvalue weighted by atomic mass is 16.5. The van der Waals surface area contributed by atoms with E-state index in [0.717, 1.165) is 32.1 Å². The van der Waals surface area contributed by atoms with Crippen molar-refractivity contribution in [2.45, 2.75) is 62.9 Å². The Morgan fingerprint density at radius 2 is 1.91 bits per heavy atom. The first-order chi connectivity index (χ1) is 11.2. The van der Waals surface area contributed by atoms with Crippen LogP contribution in [0.4, 0.5) is 0 Å². The zero-order valence-corrected chi connectivity index (χ0v) is 13.6. The minimum absolute atomic E-state index is 0.0650. The van der Waals surface area contributed by atoms with Crippen molar-refractivity contribution in [1.29, 1.82) is 0 Å². The second kappa shape index (κ2) is 7.75. The number of benzene rings is 1. The van der Waals surface area contributed by atoms with E-state index >= 15 is 0 Å². The van der Waals surface area contributed by atoms with Crippen molar-refractivity contribution >= 4 is 0 Å². The average Bonchev–Trinajstić information content (AvgIpc) is 3.08. The Morgan fingerprint density at radius 3 is 2.65 bits per heavy atom. The lowest BCUT2D eigenvalue weighted by Crippen LogP contribution is -2.23. The number of fused-ring (bicyclic) bond motifs is 1. The molecule has 1 saturated carbocycles. The maximum atomic E-state index is 10.3. The molecular weight excluding hydrogens is 292 g/mol. The van der Waals surface area contributed by atoms with Gasteiger partial charge in [0.25, 0.3) is 0 Å². The highest BCUT2D eigenvalue weighted by Gasteiger charge is 2.48. The van der Waals surface area contributed by atoms with Crippen LogP contribution in [0.15, 0.2) is 30.3 Å². The maximum Gasteiger partial charge on any atom is 0.0813 e. The molecule has 1 aliphatic heterocycles. The number of aryl methyl sites for hydroxylation is 1. The first-order valence-corrected chi connectivity index (χ1v) is 8.83. The Labute approximate surface area is 138 Å². The summed E-state index contributed by atoms with van der Waals surface area (Å²) in [5, 5.41) is 29.7. The van der Waals surface area contributed by atoms with Crippen LogP contribution >= 0.6 is 0 Å². The lowest BCUT2D eigenvalue weighted by Gasteiger charge is -2.22. The van der Waals surface area contributed by atoms with Crippen LogP contribution in [0.3, 0.4) is 0 Å². The maximum absolute atomic E-state index is 10.3. The molecule has 1 aromatic carbocycles. The number of rotatable bonds is 7. The minimum atomic E-state index is -0.328. The lowest BCUT2D eigenvalue weighted by atomic mass is 9.86. The average molecular weight is 320 g/mol. The topological polar surface area (TPSA) is 69.9 Å². The first kappa shape index (κ1) is 16.9. The lowest BCUT2D eigenvalue weighted by molar-refractivity contribution is -0.000162. The molecule has 1 heterocycles. The largest absolute Gasteiger partial charge is 0.394 e. The standard InChI is InChI=1S/C19H28O4/c20-12-15-10-17-16(18(22)11-19(17)23-15)9-8-14(21)7-6-13-4-2-1-3-5-13/h1-5,14-22H,6-12H2/t14-,15?,16+,17+,18+,19-/m0/s1. The number of hydrogen-bond donors (Lipinski definition) is 3. The fraction of sp³-hybridized carbons (Fsp3) is 0.684. The van der Waals surface area contributed by atoms with Gasteiger partial charge in [-0.2, -0.15) is 0 Å². The predicted octanol–water partition coefficient (Wildman–Crippen LogP) is 1.91. The van der Waals surface area contributed by atoms with Crippen molar-refractivity contribution in [3.05, 3.63) is 35.9 Å². The molecule has 1 aliphatic carbocycles. The van der Waals surface area contributed by atoms with E-state index < -0.39 is 0 Å². The second-order valence-corrected chi connectivity index (χ2v) is 7.10.